The van der Waals surface area contributed by atoms with E-state index in [0.29, 0.717) is 11.8 Å². The Hall–Kier alpha value is -2.65. The Bertz CT molecular complexity index is 884. The van der Waals surface area contributed by atoms with E-state index in [-0.39, 0.29) is 4.91 Å². The Morgan fingerprint density at radius 1 is 1.39 bits per heavy atom. The molecule has 31 heavy (non-hydrogen) atoms. The highest BCUT2D eigenvalue weighted by Gasteiger charge is 2.25. The molecule has 2 heterocycles. The summed E-state index contributed by atoms with van der Waals surface area (Å²) in [6.45, 7) is 6.35. The lowest BCUT2D eigenvalue weighted by Crippen LogP contribution is -2.35. The molecule has 0 aliphatic carbocycles. The monoisotopic (exact) mass is 444 g/mol. The van der Waals surface area contributed by atoms with Crippen LogP contribution in [0.5, 0.6) is 5.75 Å². The maximum absolute atomic E-state index is 11.8. The third-order valence-electron chi connectivity index (χ3n) is 4.98. The zero-order chi connectivity index (χ0) is 22.1. The standard InChI is InChI=1S/C22H28N4O4S/c1-16-7-5-10-26(15-16)11-6-12-30-18-9-4-3-8-17(18)14-23-25-22-24-21(28)19(31-22)13-20(27)29-2/h3-4,8-9,13-14,16H,5-7,10-12,15H2,1-2H3,(H,24,25,28)/b19-13+,23-14?. The van der Waals surface area contributed by atoms with Crippen LogP contribution in [0.3, 0.4) is 0 Å². The molecule has 0 radical (unpaired) electrons. The SMILES string of the molecule is COC(=O)/C=C1/S/C(=N\N=Cc2ccccc2OCCCN2CCCC(C)C2)NC1=O. The number of amidine groups is 1. The fourth-order valence-electron chi connectivity index (χ4n) is 3.46. The van der Waals surface area contributed by atoms with Crippen molar-refractivity contribution in [3.63, 3.8) is 0 Å². The predicted molar refractivity (Wildman–Crippen MR) is 122 cm³/mol. The molecule has 0 saturated carbocycles. The second-order valence-corrected chi connectivity index (χ2v) is 8.56. The van der Waals surface area contributed by atoms with Gasteiger partial charge >= 0.3 is 5.97 Å². The quantitative estimate of drug-likeness (QED) is 0.218. The molecule has 0 aromatic heterocycles. The molecular weight excluding hydrogens is 416 g/mol. The van der Waals surface area contributed by atoms with Crippen molar-refractivity contribution in [2.45, 2.75) is 26.2 Å². The van der Waals surface area contributed by atoms with Gasteiger partial charge in [-0.05, 0) is 55.6 Å². The van der Waals surface area contributed by atoms with Gasteiger partial charge < -0.3 is 14.4 Å². The van der Waals surface area contributed by atoms with Crippen LogP contribution < -0.4 is 10.1 Å². The molecule has 3 rings (SSSR count). The fraction of sp³-hybridized carbons (Fsp3) is 0.455. The van der Waals surface area contributed by atoms with Gasteiger partial charge in [-0.25, -0.2) is 4.79 Å². The predicted octanol–water partition coefficient (Wildman–Crippen LogP) is 2.80. The molecule has 2 fully saturated rings. The molecule has 1 aromatic rings. The lowest BCUT2D eigenvalue weighted by Gasteiger charge is -2.30. The number of esters is 1. The largest absolute Gasteiger partial charge is 0.493 e. The Kier molecular flexibility index (Phi) is 8.66. The molecule has 1 N–H and O–H groups in total. The van der Waals surface area contributed by atoms with Crippen LogP contribution in [0.1, 0.15) is 31.7 Å². The van der Waals surface area contributed by atoms with E-state index in [9.17, 15) is 9.59 Å². The molecule has 9 heteroatoms. The zero-order valence-electron chi connectivity index (χ0n) is 17.9. The lowest BCUT2D eigenvalue weighted by molar-refractivity contribution is -0.135. The molecule has 0 bridgehead atoms. The summed E-state index contributed by atoms with van der Waals surface area (Å²) in [4.78, 5) is 25.9. The Morgan fingerprint density at radius 3 is 3.03 bits per heavy atom. The van der Waals surface area contributed by atoms with Gasteiger partial charge in [-0.3, -0.25) is 10.1 Å². The topological polar surface area (TPSA) is 92.6 Å². The minimum Gasteiger partial charge on any atom is -0.493 e. The Labute approximate surface area is 186 Å². The number of hydrogen-bond acceptors (Lipinski definition) is 8. The number of ether oxygens (including phenoxy) is 2. The van der Waals surface area contributed by atoms with E-state index in [2.05, 4.69) is 32.1 Å². The molecule has 2 aliphatic rings. The van der Waals surface area contributed by atoms with Crippen LogP contribution in [0.15, 0.2) is 45.4 Å². The van der Waals surface area contributed by atoms with Crippen LogP contribution in [-0.2, 0) is 14.3 Å². The van der Waals surface area contributed by atoms with Crippen molar-refractivity contribution in [1.29, 1.82) is 0 Å². The number of hydrogen-bond donors (Lipinski definition) is 1. The number of amides is 1. The van der Waals surface area contributed by atoms with E-state index in [1.54, 1.807) is 6.21 Å². The van der Waals surface area contributed by atoms with E-state index in [1.165, 1.54) is 33.0 Å². The summed E-state index contributed by atoms with van der Waals surface area (Å²) in [6.07, 6.45) is 6.29. The van der Waals surface area contributed by atoms with Gasteiger partial charge in [-0.1, -0.05) is 19.1 Å². The van der Waals surface area contributed by atoms with Gasteiger partial charge in [0.2, 0.25) is 0 Å². The number of methoxy groups -OCH3 is 1. The van der Waals surface area contributed by atoms with Gasteiger partial charge in [-0.15, -0.1) is 5.10 Å². The minimum absolute atomic E-state index is 0.215. The van der Waals surface area contributed by atoms with E-state index in [1.807, 2.05) is 24.3 Å². The van der Waals surface area contributed by atoms with Gasteiger partial charge in [-0.2, -0.15) is 5.10 Å². The first-order valence-electron chi connectivity index (χ1n) is 10.4. The van der Waals surface area contributed by atoms with Crippen molar-refractivity contribution in [3.05, 3.63) is 40.8 Å². The van der Waals surface area contributed by atoms with Crippen LogP contribution in [0.25, 0.3) is 0 Å². The van der Waals surface area contributed by atoms with Gasteiger partial charge in [0.15, 0.2) is 5.17 Å². The minimum atomic E-state index is -0.594. The highest BCUT2D eigenvalue weighted by molar-refractivity contribution is 8.18. The lowest BCUT2D eigenvalue weighted by atomic mass is 10.0. The number of nitrogens with zero attached hydrogens (tertiary/aromatic N) is 3. The average molecular weight is 445 g/mol. The van der Waals surface area contributed by atoms with Gasteiger partial charge in [0, 0.05) is 24.7 Å². The molecular formula is C22H28N4O4S. The van der Waals surface area contributed by atoms with Crippen LogP contribution in [0.2, 0.25) is 0 Å². The van der Waals surface area contributed by atoms with Crippen molar-refractivity contribution in [1.82, 2.24) is 10.2 Å². The molecule has 1 aromatic carbocycles. The number of carbonyl (C=O) groups excluding carboxylic acids is 2. The summed E-state index contributed by atoms with van der Waals surface area (Å²) < 4.78 is 10.5. The summed E-state index contributed by atoms with van der Waals surface area (Å²) in [5.74, 6) is 0.524. The summed E-state index contributed by atoms with van der Waals surface area (Å²) in [5.41, 5.74) is 0.804. The van der Waals surface area contributed by atoms with Crippen molar-refractivity contribution in [3.8, 4) is 5.75 Å². The molecule has 166 valence electrons. The first-order chi connectivity index (χ1) is 15.0. The normalized spacial score (nSPS) is 22.3. The van der Waals surface area contributed by atoms with Crippen LogP contribution in [0.4, 0.5) is 0 Å². The molecule has 1 atom stereocenters. The number of likely N-dealkylation sites (tertiary alicyclic amines) is 1. The van der Waals surface area contributed by atoms with Crippen LogP contribution in [0, 0.1) is 5.92 Å². The van der Waals surface area contributed by atoms with Gasteiger partial charge in [0.25, 0.3) is 5.91 Å². The highest BCUT2D eigenvalue weighted by atomic mass is 32.2. The first kappa shape index (κ1) is 23.0. The van der Waals surface area contributed by atoms with E-state index >= 15 is 0 Å². The number of benzene rings is 1. The van der Waals surface area contributed by atoms with E-state index < -0.39 is 11.9 Å². The van der Waals surface area contributed by atoms with E-state index in [0.717, 1.165) is 48.0 Å². The Morgan fingerprint density at radius 2 is 2.23 bits per heavy atom. The van der Waals surface area contributed by atoms with Crippen molar-refractivity contribution in [2.75, 3.05) is 33.4 Å². The molecule has 1 amide bonds. The third-order valence-corrected chi connectivity index (χ3v) is 5.88. The summed E-state index contributed by atoms with van der Waals surface area (Å²) in [5, 5.41) is 10.9. The fourth-order valence-corrected chi connectivity index (χ4v) is 4.20. The summed E-state index contributed by atoms with van der Waals surface area (Å²) in [7, 11) is 1.25. The third kappa shape index (κ3) is 7.22. The molecule has 1 unspecified atom stereocenters. The number of thioether (sulfide) groups is 1. The van der Waals surface area contributed by atoms with Gasteiger partial charge in [0.05, 0.1) is 24.8 Å². The molecule has 2 saturated heterocycles. The number of para-hydroxylation sites is 1. The average Bonchev–Trinajstić information content (AvgIpc) is 3.11. The van der Waals surface area contributed by atoms with Crippen LogP contribution in [-0.4, -0.2) is 61.5 Å². The van der Waals surface area contributed by atoms with Crippen LogP contribution >= 0.6 is 11.8 Å². The van der Waals surface area contributed by atoms with E-state index in [4.69, 9.17) is 4.74 Å². The molecule has 2 aliphatic heterocycles. The second kappa shape index (κ2) is 11.7. The van der Waals surface area contributed by atoms with Gasteiger partial charge in [0.1, 0.15) is 5.75 Å². The smallest absolute Gasteiger partial charge is 0.331 e. The molecule has 8 nitrogen and oxygen atoms in total. The summed E-state index contributed by atoms with van der Waals surface area (Å²) in [6, 6.07) is 7.62. The van der Waals surface area contributed by atoms with Crippen molar-refractivity contribution < 1.29 is 19.1 Å². The maximum Gasteiger partial charge on any atom is 0.331 e. The summed E-state index contributed by atoms with van der Waals surface area (Å²) >= 11 is 1.03. The number of nitrogens with one attached hydrogen (secondary N) is 1. The number of rotatable bonds is 8. The second-order valence-electron chi connectivity index (χ2n) is 7.53. The Balaban J connectivity index is 1.51. The first-order valence-corrected chi connectivity index (χ1v) is 11.2. The zero-order valence-corrected chi connectivity index (χ0v) is 18.7. The number of carbonyl (C=O) groups is 2. The van der Waals surface area contributed by atoms with Crippen molar-refractivity contribution >= 4 is 35.0 Å². The number of piperidine rings is 1. The molecule has 0 spiro atoms. The maximum atomic E-state index is 11.8. The van der Waals surface area contributed by atoms with Crippen molar-refractivity contribution in [2.24, 2.45) is 16.1 Å². The highest BCUT2D eigenvalue weighted by Crippen LogP contribution is 2.23.